The molecular weight excluding hydrogens is 148 g/mol. The van der Waals surface area contributed by atoms with Crippen molar-refractivity contribution < 1.29 is 15.0 Å². The highest BCUT2D eigenvalue weighted by atomic mass is 16.4. The lowest BCUT2D eigenvalue weighted by Gasteiger charge is -2.18. The predicted octanol–water partition coefficient (Wildman–Crippen LogP) is -0.738. The van der Waals surface area contributed by atoms with Crippen LogP contribution in [0.3, 0.4) is 0 Å². The average Bonchev–Trinajstić information content (AvgIpc) is 2.17. The number of nitrogens with two attached hydrogens (primary N) is 1. The Balaban J connectivity index is 2.67. The molecular formula is C6H12N2O3. The second kappa shape index (κ2) is 2.67. The van der Waals surface area contributed by atoms with Crippen LogP contribution in [0.25, 0.3) is 0 Å². The minimum absolute atomic E-state index is 0.0684. The summed E-state index contributed by atoms with van der Waals surface area (Å²) in [6.07, 6.45) is -2.56. The summed E-state index contributed by atoms with van der Waals surface area (Å²) in [7, 11) is 0. The van der Waals surface area contributed by atoms with Crippen LogP contribution in [0.1, 0.15) is 6.92 Å². The van der Waals surface area contributed by atoms with Gasteiger partial charge in [-0.3, -0.25) is 4.90 Å². The Kier molecular flexibility index (Phi) is 2.01. The summed E-state index contributed by atoms with van der Waals surface area (Å²) in [5.74, 6) is -0.0684. The highest BCUT2D eigenvalue weighted by Gasteiger charge is 2.38. The molecule has 64 valence electrons. The molecule has 0 aromatic rings. The number of hydrogen-bond donors (Lipinski definition) is 3. The van der Waals surface area contributed by atoms with Crippen molar-refractivity contribution in [3.05, 3.63) is 0 Å². The molecule has 0 aromatic carbocycles. The maximum absolute atomic E-state index is 10.4. The van der Waals surface area contributed by atoms with Gasteiger partial charge in [-0.1, -0.05) is 6.92 Å². The molecule has 1 aliphatic heterocycles. The third-order valence-electron chi connectivity index (χ3n) is 2.02. The minimum Gasteiger partial charge on any atom is -0.465 e. The predicted molar refractivity (Wildman–Crippen MR) is 37.9 cm³/mol. The Morgan fingerprint density at radius 3 is 2.45 bits per heavy atom. The van der Waals surface area contributed by atoms with Crippen LogP contribution in [-0.4, -0.2) is 40.0 Å². The van der Waals surface area contributed by atoms with Crippen molar-refractivity contribution in [2.24, 2.45) is 11.7 Å². The summed E-state index contributed by atoms with van der Waals surface area (Å²) < 4.78 is 0. The first-order chi connectivity index (χ1) is 5.04. The number of nitrogens with zero attached hydrogens (tertiary/aromatic N) is 1. The normalized spacial score (nSPS) is 37.7. The molecule has 1 amide bonds. The highest BCUT2D eigenvalue weighted by Crippen LogP contribution is 2.19. The Hall–Kier alpha value is -0.810. The summed E-state index contributed by atoms with van der Waals surface area (Å²) in [6.45, 7) is 2.09. The molecule has 5 heteroatoms. The van der Waals surface area contributed by atoms with Crippen molar-refractivity contribution in [1.82, 2.24) is 4.90 Å². The van der Waals surface area contributed by atoms with Crippen molar-refractivity contribution in [3.8, 4) is 0 Å². The van der Waals surface area contributed by atoms with Crippen LogP contribution in [0.4, 0.5) is 4.79 Å². The van der Waals surface area contributed by atoms with E-state index in [2.05, 4.69) is 0 Å². The molecule has 1 aliphatic rings. The van der Waals surface area contributed by atoms with Gasteiger partial charge in [0.1, 0.15) is 6.17 Å². The molecule has 3 atom stereocenters. The maximum atomic E-state index is 10.4. The van der Waals surface area contributed by atoms with Crippen molar-refractivity contribution in [2.75, 3.05) is 6.54 Å². The van der Waals surface area contributed by atoms with E-state index in [0.29, 0.717) is 6.54 Å². The number of aliphatic hydroxyl groups is 1. The van der Waals surface area contributed by atoms with Gasteiger partial charge in [0.05, 0.1) is 6.10 Å². The summed E-state index contributed by atoms with van der Waals surface area (Å²) in [6, 6.07) is 0. The molecule has 4 N–H and O–H groups in total. The molecule has 1 fully saturated rings. The quantitative estimate of drug-likeness (QED) is 0.435. The molecule has 0 bridgehead atoms. The van der Waals surface area contributed by atoms with Gasteiger partial charge in [-0.05, 0) is 0 Å². The molecule has 0 aliphatic carbocycles. The molecule has 1 heterocycles. The first kappa shape index (κ1) is 8.29. The maximum Gasteiger partial charge on any atom is 0.408 e. The molecule has 3 unspecified atom stereocenters. The Bertz CT molecular complexity index is 173. The van der Waals surface area contributed by atoms with E-state index in [4.69, 9.17) is 10.8 Å². The fourth-order valence-corrected chi connectivity index (χ4v) is 1.27. The lowest BCUT2D eigenvalue weighted by molar-refractivity contribution is 0.0932. The summed E-state index contributed by atoms with van der Waals surface area (Å²) >= 11 is 0. The summed E-state index contributed by atoms with van der Waals surface area (Å²) in [4.78, 5) is 11.5. The number of carbonyl (C=O) groups is 1. The van der Waals surface area contributed by atoms with E-state index in [1.165, 1.54) is 0 Å². The van der Waals surface area contributed by atoms with Gasteiger partial charge in [-0.15, -0.1) is 0 Å². The number of hydrogen-bond acceptors (Lipinski definition) is 3. The van der Waals surface area contributed by atoms with E-state index in [-0.39, 0.29) is 5.92 Å². The van der Waals surface area contributed by atoms with Gasteiger partial charge >= 0.3 is 6.09 Å². The number of likely N-dealkylation sites (tertiary alicyclic amines) is 1. The SMILES string of the molecule is CC1CN(C(=O)O)C(N)C1O. The largest absolute Gasteiger partial charge is 0.465 e. The van der Waals surface area contributed by atoms with Crippen LogP contribution >= 0.6 is 0 Å². The van der Waals surface area contributed by atoms with Crippen molar-refractivity contribution in [2.45, 2.75) is 19.2 Å². The van der Waals surface area contributed by atoms with Crippen molar-refractivity contribution in [1.29, 1.82) is 0 Å². The van der Waals surface area contributed by atoms with Crippen LogP contribution in [0, 0.1) is 5.92 Å². The smallest absolute Gasteiger partial charge is 0.408 e. The van der Waals surface area contributed by atoms with Gasteiger partial charge in [0.2, 0.25) is 0 Å². The standard InChI is InChI=1S/C6H12N2O3/c1-3-2-8(6(10)11)5(7)4(3)9/h3-5,9H,2,7H2,1H3,(H,10,11). The molecule has 5 nitrogen and oxygen atoms in total. The molecule has 0 saturated carbocycles. The zero-order chi connectivity index (χ0) is 8.59. The molecule has 0 radical (unpaired) electrons. The van der Waals surface area contributed by atoms with E-state index in [1.54, 1.807) is 6.92 Å². The monoisotopic (exact) mass is 160 g/mol. The second-order valence-corrected chi connectivity index (χ2v) is 2.89. The fourth-order valence-electron chi connectivity index (χ4n) is 1.27. The molecule has 0 spiro atoms. The third-order valence-corrected chi connectivity index (χ3v) is 2.02. The van der Waals surface area contributed by atoms with Gasteiger partial charge in [0, 0.05) is 12.5 Å². The Morgan fingerprint density at radius 2 is 2.27 bits per heavy atom. The molecule has 1 saturated heterocycles. The van der Waals surface area contributed by atoms with Crippen molar-refractivity contribution in [3.63, 3.8) is 0 Å². The fraction of sp³-hybridized carbons (Fsp3) is 0.833. The van der Waals surface area contributed by atoms with E-state index in [9.17, 15) is 9.90 Å². The van der Waals surface area contributed by atoms with E-state index < -0.39 is 18.4 Å². The van der Waals surface area contributed by atoms with Gasteiger partial charge in [-0.2, -0.15) is 0 Å². The number of rotatable bonds is 0. The average molecular weight is 160 g/mol. The minimum atomic E-state index is -1.07. The Labute approximate surface area is 64.4 Å². The molecule has 1 rings (SSSR count). The third kappa shape index (κ3) is 1.29. The van der Waals surface area contributed by atoms with E-state index in [1.807, 2.05) is 0 Å². The van der Waals surface area contributed by atoms with Gasteiger partial charge in [0.15, 0.2) is 0 Å². The van der Waals surface area contributed by atoms with Crippen LogP contribution in [0.5, 0.6) is 0 Å². The zero-order valence-corrected chi connectivity index (χ0v) is 6.27. The van der Waals surface area contributed by atoms with E-state index in [0.717, 1.165) is 4.90 Å². The van der Waals surface area contributed by atoms with Crippen LogP contribution < -0.4 is 5.73 Å². The summed E-state index contributed by atoms with van der Waals surface area (Å²) in [5.41, 5.74) is 5.41. The zero-order valence-electron chi connectivity index (χ0n) is 6.27. The number of aliphatic hydroxyl groups excluding tert-OH is 1. The van der Waals surface area contributed by atoms with Gasteiger partial charge in [-0.25, -0.2) is 4.79 Å². The lowest BCUT2D eigenvalue weighted by atomic mass is 10.1. The summed E-state index contributed by atoms with van der Waals surface area (Å²) in [5, 5.41) is 17.8. The van der Waals surface area contributed by atoms with Gasteiger partial charge in [0.25, 0.3) is 0 Å². The number of amides is 1. The van der Waals surface area contributed by atoms with Gasteiger partial charge < -0.3 is 15.9 Å². The molecule has 11 heavy (non-hydrogen) atoms. The van der Waals surface area contributed by atoms with Crippen LogP contribution in [-0.2, 0) is 0 Å². The van der Waals surface area contributed by atoms with E-state index >= 15 is 0 Å². The highest BCUT2D eigenvalue weighted by molar-refractivity contribution is 5.65. The van der Waals surface area contributed by atoms with Crippen LogP contribution in [0.15, 0.2) is 0 Å². The Morgan fingerprint density at radius 1 is 1.73 bits per heavy atom. The first-order valence-electron chi connectivity index (χ1n) is 3.47. The topological polar surface area (TPSA) is 86.8 Å². The van der Waals surface area contributed by atoms with Crippen molar-refractivity contribution >= 4 is 6.09 Å². The number of carboxylic acid groups (broad SMARTS) is 1. The van der Waals surface area contributed by atoms with Crippen LogP contribution in [0.2, 0.25) is 0 Å². The molecule has 0 aromatic heterocycles. The lowest BCUT2D eigenvalue weighted by Crippen LogP contribution is -2.45. The second-order valence-electron chi connectivity index (χ2n) is 2.89. The first-order valence-corrected chi connectivity index (χ1v) is 3.47.